The predicted octanol–water partition coefficient (Wildman–Crippen LogP) is 14.9. The van der Waals surface area contributed by atoms with Crippen LogP contribution in [0.2, 0.25) is 0 Å². The largest absolute Gasteiger partial charge is 0.311 e. The zero-order valence-corrected chi connectivity index (χ0v) is 30.8. The van der Waals surface area contributed by atoms with Crippen LogP contribution in [0.5, 0.6) is 0 Å². The normalized spacial score (nSPS) is 11.2. The molecule has 2 heteroatoms. The van der Waals surface area contributed by atoms with Gasteiger partial charge in [0.15, 0.2) is 0 Å². The van der Waals surface area contributed by atoms with Gasteiger partial charge in [0.2, 0.25) is 0 Å². The molecule has 2 nitrogen and oxygen atoms in total. The summed E-state index contributed by atoms with van der Waals surface area (Å²) in [5.74, 6) is 0. The monoisotopic (exact) mass is 714 g/mol. The van der Waals surface area contributed by atoms with Crippen LogP contribution in [0.25, 0.3) is 72.0 Å². The molecule has 0 fully saturated rings. The van der Waals surface area contributed by atoms with E-state index in [0.29, 0.717) is 0 Å². The Labute approximate surface area is 327 Å². The maximum atomic E-state index is 2.45. The number of rotatable bonds is 8. The van der Waals surface area contributed by atoms with Gasteiger partial charge < -0.3 is 9.47 Å². The van der Waals surface area contributed by atoms with Crippen LogP contribution in [0, 0.1) is 0 Å². The van der Waals surface area contributed by atoms with Crippen LogP contribution in [-0.2, 0) is 0 Å². The van der Waals surface area contributed by atoms with E-state index < -0.39 is 0 Å². The van der Waals surface area contributed by atoms with Gasteiger partial charge >= 0.3 is 0 Å². The van der Waals surface area contributed by atoms with E-state index in [9.17, 15) is 0 Å². The van der Waals surface area contributed by atoms with Crippen molar-refractivity contribution in [1.29, 1.82) is 0 Å². The Morgan fingerprint density at radius 2 is 0.696 bits per heavy atom. The fourth-order valence-corrected chi connectivity index (χ4v) is 8.16. The highest BCUT2D eigenvalue weighted by Gasteiger charge is 2.18. The molecule has 0 atom stereocenters. The molecule has 0 bridgehead atoms. The van der Waals surface area contributed by atoms with E-state index >= 15 is 0 Å². The molecule has 10 aromatic rings. The number of hydrogen-bond acceptors (Lipinski definition) is 1. The minimum Gasteiger partial charge on any atom is -0.311 e. The number of hydrogen-bond donors (Lipinski definition) is 0. The average molecular weight is 715 g/mol. The number of aromatic nitrogens is 1. The summed E-state index contributed by atoms with van der Waals surface area (Å²) < 4.78 is 2.45. The van der Waals surface area contributed by atoms with E-state index in [2.05, 4.69) is 240 Å². The summed E-state index contributed by atoms with van der Waals surface area (Å²) in [6, 6.07) is 82.9. The molecule has 0 N–H and O–H groups in total. The quantitative estimate of drug-likeness (QED) is 0.152. The van der Waals surface area contributed by atoms with Gasteiger partial charge in [-0.05, 0) is 93.5 Å². The van der Waals surface area contributed by atoms with Crippen LogP contribution >= 0.6 is 0 Å². The number of para-hydroxylation sites is 4. The van der Waals surface area contributed by atoms with E-state index in [1.54, 1.807) is 0 Å². The van der Waals surface area contributed by atoms with Crippen molar-refractivity contribution in [3.05, 3.63) is 231 Å². The minimum atomic E-state index is 1.11. The van der Waals surface area contributed by atoms with E-state index in [-0.39, 0.29) is 0 Å². The molecule has 56 heavy (non-hydrogen) atoms. The molecular formula is C54H38N2. The van der Waals surface area contributed by atoms with Crippen molar-refractivity contribution in [3.8, 4) is 50.2 Å². The summed E-state index contributed by atoms with van der Waals surface area (Å²) in [5, 5.41) is 2.48. The standard InChI is InChI=1S/C54H38N2/c1-4-16-39(17-5-1)40-28-30-42(31-29-40)49-24-12-14-26-52(49)56-53-27-15-13-25-50(53)51-37-34-43(38-54(51)56)48-23-11-10-22-47(48)41-32-35-46(36-33-41)55(44-18-6-2-7-19-44)45-20-8-3-9-21-45/h1-38H. The smallest absolute Gasteiger partial charge is 0.0547 e. The third-order valence-corrected chi connectivity index (χ3v) is 10.8. The summed E-state index contributed by atoms with van der Waals surface area (Å²) in [6.07, 6.45) is 0. The molecule has 0 aliphatic heterocycles. The average Bonchev–Trinajstić information content (AvgIpc) is 3.61. The lowest BCUT2D eigenvalue weighted by atomic mass is 9.93. The molecule has 0 saturated heterocycles. The maximum absolute atomic E-state index is 2.45. The van der Waals surface area contributed by atoms with Gasteiger partial charge in [0.1, 0.15) is 0 Å². The third-order valence-electron chi connectivity index (χ3n) is 10.8. The Bertz CT molecular complexity index is 2890. The van der Waals surface area contributed by atoms with Gasteiger partial charge in [-0.3, -0.25) is 0 Å². The Morgan fingerprint density at radius 1 is 0.268 bits per heavy atom. The zero-order valence-electron chi connectivity index (χ0n) is 30.8. The molecule has 0 unspecified atom stereocenters. The Hall–Kier alpha value is -7.42. The van der Waals surface area contributed by atoms with Crippen molar-refractivity contribution < 1.29 is 0 Å². The van der Waals surface area contributed by atoms with Crippen LogP contribution in [0.4, 0.5) is 17.1 Å². The number of nitrogens with zero attached hydrogens (tertiary/aromatic N) is 2. The molecule has 0 amide bonds. The lowest BCUT2D eigenvalue weighted by Crippen LogP contribution is -2.09. The van der Waals surface area contributed by atoms with Crippen LogP contribution in [0.1, 0.15) is 0 Å². The van der Waals surface area contributed by atoms with Crippen molar-refractivity contribution in [3.63, 3.8) is 0 Å². The maximum Gasteiger partial charge on any atom is 0.0547 e. The third kappa shape index (κ3) is 6.04. The molecule has 1 heterocycles. The number of anilines is 3. The Morgan fingerprint density at radius 3 is 1.38 bits per heavy atom. The van der Waals surface area contributed by atoms with Gasteiger partial charge in [-0.15, -0.1) is 0 Å². The van der Waals surface area contributed by atoms with Gasteiger partial charge in [-0.2, -0.15) is 0 Å². The van der Waals surface area contributed by atoms with Gasteiger partial charge in [0.25, 0.3) is 0 Å². The topological polar surface area (TPSA) is 8.17 Å². The molecule has 264 valence electrons. The molecule has 9 aromatic carbocycles. The number of benzene rings is 9. The molecule has 0 radical (unpaired) electrons. The van der Waals surface area contributed by atoms with E-state index in [1.165, 1.54) is 66.3 Å². The van der Waals surface area contributed by atoms with Crippen molar-refractivity contribution >= 4 is 38.9 Å². The van der Waals surface area contributed by atoms with E-state index in [0.717, 1.165) is 22.7 Å². The van der Waals surface area contributed by atoms with Crippen LogP contribution in [0.15, 0.2) is 231 Å². The lowest BCUT2D eigenvalue weighted by Gasteiger charge is -2.25. The fourth-order valence-electron chi connectivity index (χ4n) is 8.16. The Balaban J connectivity index is 1.07. The second-order valence-corrected chi connectivity index (χ2v) is 14.1. The molecular weight excluding hydrogens is 677 g/mol. The summed E-state index contributed by atoms with van der Waals surface area (Å²) >= 11 is 0. The van der Waals surface area contributed by atoms with Gasteiger partial charge in [0.05, 0.1) is 16.7 Å². The van der Waals surface area contributed by atoms with Crippen LogP contribution in [0.3, 0.4) is 0 Å². The first-order valence-electron chi connectivity index (χ1n) is 19.2. The number of fused-ring (bicyclic) bond motifs is 3. The summed E-state index contributed by atoms with van der Waals surface area (Å²) in [4.78, 5) is 2.30. The van der Waals surface area contributed by atoms with Crippen LogP contribution in [-0.4, -0.2) is 4.57 Å². The van der Waals surface area contributed by atoms with Crippen molar-refractivity contribution in [2.75, 3.05) is 4.90 Å². The highest BCUT2D eigenvalue weighted by molar-refractivity contribution is 6.11. The summed E-state index contributed by atoms with van der Waals surface area (Å²) in [7, 11) is 0. The predicted molar refractivity (Wildman–Crippen MR) is 237 cm³/mol. The highest BCUT2D eigenvalue weighted by Crippen LogP contribution is 2.41. The second-order valence-electron chi connectivity index (χ2n) is 14.1. The first-order chi connectivity index (χ1) is 27.8. The molecule has 0 aliphatic rings. The highest BCUT2D eigenvalue weighted by atomic mass is 15.1. The van der Waals surface area contributed by atoms with E-state index in [4.69, 9.17) is 0 Å². The molecule has 10 rings (SSSR count). The molecule has 1 aromatic heterocycles. The first kappa shape index (κ1) is 33.2. The fraction of sp³-hybridized carbons (Fsp3) is 0. The lowest BCUT2D eigenvalue weighted by molar-refractivity contribution is 1.18. The van der Waals surface area contributed by atoms with Gasteiger partial charge in [0, 0.05) is 33.4 Å². The van der Waals surface area contributed by atoms with Crippen LogP contribution < -0.4 is 4.90 Å². The molecule has 0 saturated carbocycles. The van der Waals surface area contributed by atoms with Crippen molar-refractivity contribution in [2.45, 2.75) is 0 Å². The SMILES string of the molecule is c1ccc(-c2ccc(-c3ccccc3-n3c4ccccc4c4ccc(-c5ccccc5-c5ccc(N(c6ccccc6)c6ccccc6)cc5)cc43)cc2)cc1. The molecule has 0 aliphatic carbocycles. The van der Waals surface area contributed by atoms with Gasteiger partial charge in [-0.25, -0.2) is 0 Å². The summed E-state index contributed by atoms with van der Waals surface area (Å²) in [6.45, 7) is 0. The zero-order chi connectivity index (χ0) is 37.3. The van der Waals surface area contributed by atoms with Gasteiger partial charge in [-0.1, -0.05) is 176 Å². The summed E-state index contributed by atoms with van der Waals surface area (Å²) in [5.41, 5.74) is 16.5. The van der Waals surface area contributed by atoms with Crippen molar-refractivity contribution in [2.24, 2.45) is 0 Å². The minimum absolute atomic E-state index is 1.11. The first-order valence-corrected chi connectivity index (χ1v) is 19.2. The van der Waals surface area contributed by atoms with Crippen molar-refractivity contribution in [1.82, 2.24) is 4.57 Å². The van der Waals surface area contributed by atoms with E-state index in [1.807, 2.05) is 0 Å². The second kappa shape index (κ2) is 14.4. The molecule has 0 spiro atoms. The Kier molecular flexibility index (Phi) is 8.55.